The van der Waals surface area contributed by atoms with Crippen LogP contribution in [0.15, 0.2) is 17.2 Å². The predicted octanol–water partition coefficient (Wildman–Crippen LogP) is 0.542. The molecule has 2 N–H and O–H groups in total. The van der Waals surface area contributed by atoms with Gasteiger partial charge in [-0.1, -0.05) is 6.92 Å². The summed E-state index contributed by atoms with van der Waals surface area (Å²) in [6, 6.07) is -1.01. The number of carboxylic acid groups (broad SMARTS) is 1. The quantitative estimate of drug-likeness (QED) is 0.719. The van der Waals surface area contributed by atoms with E-state index in [9.17, 15) is 9.59 Å². The molecule has 0 aliphatic heterocycles. The number of hydrogen-bond donors (Lipinski definition) is 2. The van der Waals surface area contributed by atoms with Gasteiger partial charge in [-0.15, -0.1) is 12.3 Å². The summed E-state index contributed by atoms with van der Waals surface area (Å²) in [4.78, 5) is 26.7. The van der Waals surface area contributed by atoms with Gasteiger partial charge in [-0.05, 0) is 6.42 Å². The van der Waals surface area contributed by atoms with Crippen LogP contribution >= 0.6 is 0 Å². The summed E-state index contributed by atoms with van der Waals surface area (Å²) in [6.07, 6.45) is 8.88. The zero-order chi connectivity index (χ0) is 13.5. The Morgan fingerprint density at radius 1 is 1.72 bits per heavy atom. The number of hydrogen-bond acceptors (Lipinski definition) is 4. The maximum absolute atomic E-state index is 11.9. The first-order valence-corrected chi connectivity index (χ1v) is 5.58. The molecule has 0 bridgehead atoms. The lowest BCUT2D eigenvalue weighted by Crippen LogP contribution is -2.34. The first-order valence-electron chi connectivity index (χ1n) is 5.58. The SMILES string of the molecule is C#CCC(Nc1nccn(CCC)c1=O)C(=O)O. The number of aryl methyl sites for hydroxylation is 1. The molecule has 1 aromatic heterocycles. The van der Waals surface area contributed by atoms with E-state index in [-0.39, 0.29) is 17.8 Å². The second-order valence-electron chi connectivity index (χ2n) is 3.72. The van der Waals surface area contributed by atoms with Crippen molar-refractivity contribution in [1.29, 1.82) is 0 Å². The lowest BCUT2D eigenvalue weighted by Gasteiger charge is -2.12. The largest absolute Gasteiger partial charge is 0.480 e. The van der Waals surface area contributed by atoms with Crippen molar-refractivity contribution in [2.24, 2.45) is 0 Å². The van der Waals surface area contributed by atoms with Crippen LogP contribution in [-0.4, -0.2) is 26.7 Å². The van der Waals surface area contributed by atoms with E-state index in [4.69, 9.17) is 11.5 Å². The molecule has 0 radical (unpaired) electrons. The van der Waals surface area contributed by atoms with E-state index in [1.807, 2.05) is 6.92 Å². The van der Waals surface area contributed by atoms with Crippen LogP contribution in [0, 0.1) is 12.3 Å². The van der Waals surface area contributed by atoms with Crippen molar-refractivity contribution in [3.05, 3.63) is 22.7 Å². The predicted molar refractivity (Wildman–Crippen MR) is 67.3 cm³/mol. The summed E-state index contributed by atoms with van der Waals surface area (Å²) in [5, 5.41) is 11.5. The molecule has 0 saturated carbocycles. The zero-order valence-corrected chi connectivity index (χ0v) is 10.1. The molecule has 0 amide bonds. The summed E-state index contributed by atoms with van der Waals surface area (Å²) in [6.45, 7) is 2.50. The lowest BCUT2D eigenvalue weighted by molar-refractivity contribution is -0.137. The second kappa shape index (κ2) is 6.45. The highest BCUT2D eigenvalue weighted by atomic mass is 16.4. The van der Waals surface area contributed by atoms with Gasteiger partial charge in [0.05, 0.1) is 0 Å². The van der Waals surface area contributed by atoms with Crippen molar-refractivity contribution in [3.63, 3.8) is 0 Å². The third-order valence-corrected chi connectivity index (χ3v) is 2.31. The molecule has 1 unspecified atom stereocenters. The van der Waals surface area contributed by atoms with E-state index in [2.05, 4.69) is 16.2 Å². The van der Waals surface area contributed by atoms with Crippen molar-refractivity contribution in [1.82, 2.24) is 9.55 Å². The summed E-state index contributed by atoms with van der Waals surface area (Å²) in [5.41, 5.74) is -0.345. The number of terminal acetylenes is 1. The van der Waals surface area contributed by atoms with E-state index in [1.54, 1.807) is 6.20 Å². The molecule has 0 spiro atoms. The Labute approximate surface area is 105 Å². The minimum Gasteiger partial charge on any atom is -0.480 e. The first-order chi connectivity index (χ1) is 8.60. The number of nitrogens with one attached hydrogen (secondary N) is 1. The van der Waals surface area contributed by atoms with Gasteiger partial charge in [-0.2, -0.15) is 0 Å². The highest BCUT2D eigenvalue weighted by molar-refractivity contribution is 5.77. The molecule has 0 saturated heterocycles. The molecular formula is C12H15N3O3. The van der Waals surface area contributed by atoms with Crippen LogP contribution in [-0.2, 0) is 11.3 Å². The molecular weight excluding hydrogens is 234 g/mol. The maximum Gasteiger partial charge on any atom is 0.327 e. The van der Waals surface area contributed by atoms with Gasteiger partial charge in [0.1, 0.15) is 6.04 Å². The van der Waals surface area contributed by atoms with Gasteiger partial charge in [0.2, 0.25) is 0 Å². The fraction of sp³-hybridized carbons (Fsp3) is 0.417. The average Bonchev–Trinajstić information content (AvgIpc) is 2.33. The molecule has 6 nitrogen and oxygen atoms in total. The molecule has 96 valence electrons. The second-order valence-corrected chi connectivity index (χ2v) is 3.72. The third kappa shape index (κ3) is 3.35. The van der Waals surface area contributed by atoms with Crippen LogP contribution in [0.25, 0.3) is 0 Å². The van der Waals surface area contributed by atoms with Gasteiger partial charge in [0.15, 0.2) is 5.82 Å². The van der Waals surface area contributed by atoms with Crippen LogP contribution in [0.5, 0.6) is 0 Å². The summed E-state index contributed by atoms with van der Waals surface area (Å²) >= 11 is 0. The number of rotatable bonds is 6. The van der Waals surface area contributed by atoms with Crippen LogP contribution in [0.1, 0.15) is 19.8 Å². The van der Waals surface area contributed by atoms with E-state index in [1.165, 1.54) is 10.8 Å². The molecule has 0 fully saturated rings. The van der Waals surface area contributed by atoms with Crippen LogP contribution in [0.4, 0.5) is 5.82 Å². The highest BCUT2D eigenvalue weighted by Gasteiger charge is 2.18. The molecule has 0 aliphatic carbocycles. The normalized spacial score (nSPS) is 11.6. The van der Waals surface area contributed by atoms with E-state index >= 15 is 0 Å². The van der Waals surface area contributed by atoms with Crippen LogP contribution in [0.3, 0.4) is 0 Å². The van der Waals surface area contributed by atoms with Crippen LogP contribution < -0.4 is 10.9 Å². The van der Waals surface area contributed by atoms with Crippen molar-refractivity contribution < 1.29 is 9.90 Å². The average molecular weight is 249 g/mol. The monoisotopic (exact) mass is 249 g/mol. The first kappa shape index (κ1) is 13.8. The number of anilines is 1. The van der Waals surface area contributed by atoms with Gasteiger partial charge < -0.3 is 15.0 Å². The van der Waals surface area contributed by atoms with Crippen molar-refractivity contribution >= 4 is 11.8 Å². The fourth-order valence-corrected chi connectivity index (χ4v) is 1.45. The van der Waals surface area contributed by atoms with Crippen molar-refractivity contribution in [2.45, 2.75) is 32.4 Å². The number of nitrogens with zero attached hydrogens (tertiary/aromatic N) is 2. The summed E-state index contributed by atoms with van der Waals surface area (Å²) in [7, 11) is 0. The molecule has 6 heteroatoms. The minimum absolute atomic E-state index is 0.00796. The molecule has 1 rings (SSSR count). The summed E-state index contributed by atoms with van der Waals surface area (Å²) < 4.78 is 1.48. The molecule has 1 atom stereocenters. The van der Waals surface area contributed by atoms with E-state index in [0.29, 0.717) is 6.54 Å². The molecule has 1 aromatic rings. The molecule has 0 aromatic carbocycles. The van der Waals surface area contributed by atoms with Gasteiger partial charge in [-0.3, -0.25) is 4.79 Å². The Balaban J connectivity index is 2.97. The Bertz CT molecular complexity index is 516. The fourth-order valence-electron chi connectivity index (χ4n) is 1.45. The Morgan fingerprint density at radius 2 is 2.44 bits per heavy atom. The summed E-state index contributed by atoms with van der Waals surface area (Å²) in [5.74, 6) is 1.15. The Kier molecular flexibility index (Phi) is 4.93. The topological polar surface area (TPSA) is 84.2 Å². The third-order valence-electron chi connectivity index (χ3n) is 2.31. The van der Waals surface area contributed by atoms with Crippen LogP contribution in [0.2, 0.25) is 0 Å². The van der Waals surface area contributed by atoms with Gasteiger partial charge in [0, 0.05) is 25.4 Å². The molecule has 0 aliphatic rings. The number of carbonyl (C=O) groups is 1. The number of aliphatic carboxylic acids is 1. The van der Waals surface area contributed by atoms with Gasteiger partial charge in [-0.25, -0.2) is 9.78 Å². The number of carboxylic acids is 1. The van der Waals surface area contributed by atoms with Crippen molar-refractivity contribution in [2.75, 3.05) is 5.32 Å². The zero-order valence-electron chi connectivity index (χ0n) is 10.1. The minimum atomic E-state index is -1.11. The Morgan fingerprint density at radius 3 is 3.00 bits per heavy atom. The number of aromatic nitrogens is 2. The van der Waals surface area contributed by atoms with Crippen molar-refractivity contribution in [3.8, 4) is 12.3 Å². The van der Waals surface area contributed by atoms with Gasteiger partial charge in [0.25, 0.3) is 5.56 Å². The Hall–Kier alpha value is -2.29. The van der Waals surface area contributed by atoms with E-state index in [0.717, 1.165) is 6.42 Å². The maximum atomic E-state index is 11.9. The standard InChI is InChI=1S/C12H15N3O3/c1-3-5-9(12(17)18)14-10-11(16)15(7-4-2)8-6-13-10/h1,6,8-9H,4-5,7H2,2H3,(H,13,14)(H,17,18). The highest BCUT2D eigenvalue weighted by Crippen LogP contribution is 2.01. The molecule has 1 heterocycles. The smallest absolute Gasteiger partial charge is 0.327 e. The van der Waals surface area contributed by atoms with Gasteiger partial charge >= 0.3 is 5.97 Å². The van der Waals surface area contributed by atoms with E-state index < -0.39 is 12.0 Å². The lowest BCUT2D eigenvalue weighted by atomic mass is 10.2. The molecule has 18 heavy (non-hydrogen) atoms.